The number of anilines is 1. The van der Waals surface area contributed by atoms with Crippen LogP contribution in [0.2, 0.25) is 0 Å². The Morgan fingerprint density at radius 2 is 2.03 bits per heavy atom. The van der Waals surface area contributed by atoms with Gasteiger partial charge in [0, 0.05) is 24.5 Å². The highest BCUT2D eigenvalue weighted by Gasteiger charge is 2.45. The zero-order valence-corrected chi connectivity index (χ0v) is 17.6. The molecule has 29 heavy (non-hydrogen) atoms. The third kappa shape index (κ3) is 3.86. The maximum absolute atomic E-state index is 13.4. The summed E-state index contributed by atoms with van der Waals surface area (Å²) in [5.74, 6) is 0.00436. The van der Waals surface area contributed by atoms with E-state index >= 15 is 0 Å². The SMILES string of the molecule is CCCc1cc([N+]2(C(=O)C(N)CCN)CCNCC2)nc2sc(C(N)=O)c(N)c12. The number of aryl methyl sites for hydroxylation is 1. The number of primary amides is 1. The third-order valence-electron chi connectivity index (χ3n) is 5.51. The van der Waals surface area contributed by atoms with Crippen molar-refractivity contribution in [3.8, 4) is 0 Å². The van der Waals surface area contributed by atoms with Crippen LogP contribution in [0.4, 0.5) is 11.5 Å². The van der Waals surface area contributed by atoms with E-state index in [1.54, 1.807) is 0 Å². The van der Waals surface area contributed by atoms with E-state index in [-0.39, 0.29) is 10.4 Å². The molecule has 9 nitrogen and oxygen atoms in total. The van der Waals surface area contributed by atoms with E-state index in [2.05, 4.69) is 12.2 Å². The molecule has 0 aromatic carbocycles. The van der Waals surface area contributed by atoms with Gasteiger partial charge in [-0.3, -0.25) is 4.79 Å². The first-order chi connectivity index (χ1) is 13.9. The summed E-state index contributed by atoms with van der Waals surface area (Å²) in [5, 5.41) is 4.07. The number of nitrogens with zero attached hydrogens (tertiary/aromatic N) is 2. The molecule has 1 saturated heterocycles. The molecule has 158 valence electrons. The summed E-state index contributed by atoms with van der Waals surface area (Å²) in [6, 6.07) is 1.30. The Balaban J connectivity index is 2.21. The molecule has 0 bridgehead atoms. The molecule has 2 aromatic rings. The van der Waals surface area contributed by atoms with Crippen molar-refractivity contribution in [2.24, 2.45) is 17.2 Å². The van der Waals surface area contributed by atoms with Gasteiger partial charge in [-0.2, -0.15) is 4.98 Å². The summed E-state index contributed by atoms with van der Waals surface area (Å²) < 4.78 is 0.0739. The molecule has 1 unspecified atom stereocenters. The predicted molar refractivity (Wildman–Crippen MR) is 118 cm³/mol. The molecule has 1 aliphatic rings. The maximum Gasteiger partial charge on any atom is 0.336 e. The Bertz CT molecular complexity index is 921. The molecule has 0 radical (unpaired) electrons. The molecule has 2 amide bonds. The van der Waals surface area contributed by atoms with Crippen LogP contribution >= 0.6 is 11.3 Å². The number of amides is 2. The zero-order chi connectivity index (χ0) is 21.2. The number of aromatic nitrogens is 1. The third-order valence-corrected chi connectivity index (χ3v) is 6.62. The molecular weight excluding hydrogens is 390 g/mol. The van der Waals surface area contributed by atoms with Gasteiger partial charge < -0.3 is 28.3 Å². The lowest BCUT2D eigenvalue weighted by molar-refractivity contribution is -0.132. The Hall–Kier alpha value is -2.11. The summed E-state index contributed by atoms with van der Waals surface area (Å²) in [6.45, 7) is 4.91. The number of hydrogen-bond acceptors (Lipinski definition) is 8. The van der Waals surface area contributed by atoms with Crippen LogP contribution in [0.5, 0.6) is 0 Å². The van der Waals surface area contributed by atoms with Gasteiger partial charge in [0.25, 0.3) is 5.91 Å². The van der Waals surface area contributed by atoms with Crippen molar-refractivity contribution in [2.45, 2.75) is 32.2 Å². The van der Waals surface area contributed by atoms with E-state index in [0.717, 1.165) is 23.8 Å². The Labute approximate surface area is 174 Å². The van der Waals surface area contributed by atoms with Crippen molar-refractivity contribution in [3.05, 3.63) is 16.5 Å². The van der Waals surface area contributed by atoms with Crippen molar-refractivity contribution in [3.63, 3.8) is 0 Å². The second kappa shape index (κ2) is 8.72. The first-order valence-corrected chi connectivity index (χ1v) is 10.8. The van der Waals surface area contributed by atoms with E-state index in [0.29, 0.717) is 60.4 Å². The molecule has 3 rings (SSSR count). The van der Waals surface area contributed by atoms with E-state index < -0.39 is 11.9 Å². The van der Waals surface area contributed by atoms with Crippen LogP contribution in [0.3, 0.4) is 0 Å². The fourth-order valence-electron chi connectivity index (χ4n) is 4.01. The number of nitrogens with one attached hydrogen (secondary N) is 1. The first-order valence-electron chi connectivity index (χ1n) is 9.95. The predicted octanol–water partition coefficient (Wildman–Crippen LogP) is 0.0431. The van der Waals surface area contributed by atoms with Gasteiger partial charge in [-0.05, 0) is 24.9 Å². The molecular formula is C19H30N7O2S+. The molecule has 1 aliphatic heterocycles. The fourth-order valence-corrected chi connectivity index (χ4v) is 5.00. The summed E-state index contributed by atoms with van der Waals surface area (Å²) >= 11 is 1.18. The van der Waals surface area contributed by atoms with Crippen LogP contribution in [0.15, 0.2) is 6.07 Å². The minimum Gasteiger partial charge on any atom is -0.397 e. The number of hydrogen-bond donors (Lipinski definition) is 5. The maximum atomic E-state index is 13.4. The molecule has 1 atom stereocenters. The van der Waals surface area contributed by atoms with Gasteiger partial charge in [0.15, 0.2) is 0 Å². The summed E-state index contributed by atoms with van der Waals surface area (Å²) in [6.07, 6.45) is 2.07. The normalized spacial score (nSPS) is 17.3. The first kappa shape index (κ1) is 21.6. The van der Waals surface area contributed by atoms with Crippen molar-refractivity contribution in [1.82, 2.24) is 14.8 Å². The summed E-state index contributed by atoms with van der Waals surface area (Å²) in [7, 11) is 0. The Morgan fingerprint density at radius 1 is 1.34 bits per heavy atom. The number of rotatable bonds is 7. The molecule has 0 saturated carbocycles. The number of carbonyl (C=O) groups excluding carboxylic acids is 2. The number of nitrogen functional groups attached to an aromatic ring is 1. The van der Waals surface area contributed by atoms with Crippen LogP contribution in [-0.2, 0) is 11.2 Å². The van der Waals surface area contributed by atoms with Gasteiger partial charge in [-0.1, -0.05) is 13.3 Å². The van der Waals surface area contributed by atoms with Gasteiger partial charge in [-0.15, -0.1) is 11.3 Å². The largest absolute Gasteiger partial charge is 0.397 e. The minimum atomic E-state index is -0.653. The van der Waals surface area contributed by atoms with Crippen LogP contribution in [0, 0.1) is 0 Å². The van der Waals surface area contributed by atoms with E-state index in [9.17, 15) is 9.59 Å². The molecule has 10 heteroatoms. The van der Waals surface area contributed by atoms with Gasteiger partial charge in [0.2, 0.25) is 5.82 Å². The van der Waals surface area contributed by atoms with Gasteiger partial charge in [0.05, 0.1) is 5.69 Å². The number of fused-ring (bicyclic) bond motifs is 1. The highest BCUT2D eigenvalue weighted by atomic mass is 32.1. The van der Waals surface area contributed by atoms with Gasteiger partial charge >= 0.3 is 5.91 Å². The van der Waals surface area contributed by atoms with Crippen LogP contribution < -0.4 is 32.7 Å². The van der Waals surface area contributed by atoms with Crippen molar-refractivity contribution >= 4 is 44.9 Å². The highest BCUT2D eigenvalue weighted by molar-refractivity contribution is 7.21. The van der Waals surface area contributed by atoms with Crippen LogP contribution in [-0.4, -0.2) is 55.6 Å². The highest BCUT2D eigenvalue weighted by Crippen LogP contribution is 2.38. The average molecular weight is 421 g/mol. The Kier molecular flexibility index (Phi) is 6.49. The number of quaternary nitrogens is 1. The molecule has 3 heterocycles. The standard InChI is InChI=1S/C19H29N7O2S/c1-2-3-11-10-13(25-18-14(11)15(22)16(29-18)17(23)27)26(8-6-24-7-9-26)19(28)12(21)4-5-20/h10,12,24H,2-9,20-21H2,1H3,(H3-,22,23,27)/p+1. The van der Waals surface area contributed by atoms with E-state index in [4.69, 9.17) is 27.9 Å². The molecule has 0 aliphatic carbocycles. The smallest absolute Gasteiger partial charge is 0.336 e. The molecule has 9 N–H and O–H groups in total. The number of carbonyl (C=O) groups is 2. The number of piperazine rings is 1. The quantitative estimate of drug-likeness (QED) is 0.395. The monoisotopic (exact) mass is 420 g/mol. The lowest BCUT2D eigenvalue weighted by Crippen LogP contribution is -2.67. The van der Waals surface area contributed by atoms with Crippen molar-refractivity contribution in [2.75, 3.05) is 38.5 Å². The average Bonchev–Trinajstić information content (AvgIpc) is 3.05. The van der Waals surface area contributed by atoms with Gasteiger partial charge in [0.1, 0.15) is 28.8 Å². The second-order valence-corrected chi connectivity index (χ2v) is 8.47. The molecule has 2 aromatic heterocycles. The van der Waals surface area contributed by atoms with Crippen molar-refractivity contribution < 1.29 is 9.59 Å². The number of thiophene rings is 1. The van der Waals surface area contributed by atoms with Gasteiger partial charge in [-0.25, -0.2) is 9.28 Å². The van der Waals surface area contributed by atoms with E-state index in [1.165, 1.54) is 11.3 Å². The van der Waals surface area contributed by atoms with E-state index in [1.807, 2.05) is 6.07 Å². The topological polar surface area (TPSA) is 163 Å². The number of pyridine rings is 1. The molecule has 0 spiro atoms. The Morgan fingerprint density at radius 3 is 2.62 bits per heavy atom. The summed E-state index contributed by atoms with van der Waals surface area (Å²) in [5.41, 5.74) is 24.9. The minimum absolute atomic E-state index is 0.0739. The number of nitrogens with two attached hydrogens (primary N) is 4. The second-order valence-electron chi connectivity index (χ2n) is 7.47. The van der Waals surface area contributed by atoms with Crippen LogP contribution in [0.25, 0.3) is 10.2 Å². The lowest BCUT2D eigenvalue weighted by Gasteiger charge is -2.39. The summed E-state index contributed by atoms with van der Waals surface area (Å²) in [4.78, 5) is 31.0. The zero-order valence-electron chi connectivity index (χ0n) is 16.7. The van der Waals surface area contributed by atoms with Crippen molar-refractivity contribution in [1.29, 1.82) is 0 Å². The fraction of sp³-hybridized carbons (Fsp3) is 0.526. The lowest BCUT2D eigenvalue weighted by atomic mass is 10.0. The molecule has 1 fully saturated rings. The van der Waals surface area contributed by atoms with Crippen LogP contribution in [0.1, 0.15) is 35.0 Å².